The minimum Gasteiger partial charge on any atom is -0.456 e. The number of aryl methyl sites for hydroxylation is 1. The molecule has 2 heterocycles. The molecule has 0 aliphatic heterocycles. The summed E-state index contributed by atoms with van der Waals surface area (Å²) in [7, 11) is 0. The van der Waals surface area contributed by atoms with E-state index in [1.807, 2.05) is 49.4 Å². The van der Waals surface area contributed by atoms with E-state index in [1.54, 1.807) is 0 Å². The van der Waals surface area contributed by atoms with Crippen LogP contribution in [0.25, 0.3) is 33.3 Å². The molecule has 0 saturated heterocycles. The number of rotatable bonds is 1. The quantitative estimate of drug-likeness (QED) is 0.437. The van der Waals surface area contributed by atoms with Gasteiger partial charge in [0, 0.05) is 26.9 Å². The van der Waals surface area contributed by atoms with E-state index in [9.17, 15) is 4.79 Å². The molecule has 0 spiro atoms. The third-order valence-corrected chi connectivity index (χ3v) is 4.14. The average molecular weight is 355 g/mol. The van der Waals surface area contributed by atoms with E-state index >= 15 is 0 Å². The summed E-state index contributed by atoms with van der Waals surface area (Å²) in [4.78, 5) is 11.8. The van der Waals surface area contributed by atoms with Gasteiger partial charge in [-0.05, 0) is 43.3 Å². The van der Waals surface area contributed by atoms with Gasteiger partial charge in [0.1, 0.15) is 16.9 Å². The Morgan fingerprint density at radius 2 is 1.73 bits per heavy atom. The summed E-state index contributed by atoms with van der Waals surface area (Å²) in [5.74, 6) is 0.664. The predicted octanol–water partition coefficient (Wildman–Crippen LogP) is 5.28. The lowest BCUT2D eigenvalue weighted by Gasteiger charge is -2.03. The zero-order valence-corrected chi connectivity index (χ0v) is 13.3. The van der Waals surface area contributed by atoms with Gasteiger partial charge in [-0.3, -0.25) is 0 Å². The summed E-state index contributed by atoms with van der Waals surface area (Å²) in [6.45, 7) is 2.00. The molecule has 2 aromatic carbocycles. The van der Waals surface area contributed by atoms with Gasteiger partial charge in [0.2, 0.25) is 0 Å². The Bertz CT molecular complexity index is 1070. The number of halogens is 1. The van der Waals surface area contributed by atoms with Gasteiger partial charge >= 0.3 is 5.63 Å². The van der Waals surface area contributed by atoms with Crippen LogP contribution in [0.4, 0.5) is 0 Å². The first-order chi connectivity index (χ1) is 10.6. The van der Waals surface area contributed by atoms with Crippen molar-refractivity contribution < 1.29 is 8.83 Å². The molecule has 0 atom stereocenters. The highest BCUT2D eigenvalue weighted by molar-refractivity contribution is 9.10. The van der Waals surface area contributed by atoms with E-state index in [0.29, 0.717) is 11.3 Å². The fraction of sp³-hybridized carbons (Fsp3) is 0.0556. The summed E-state index contributed by atoms with van der Waals surface area (Å²) in [6, 6.07) is 15.0. The summed E-state index contributed by atoms with van der Waals surface area (Å²) >= 11 is 3.45. The smallest absolute Gasteiger partial charge is 0.336 e. The van der Waals surface area contributed by atoms with Gasteiger partial charge in [0.25, 0.3) is 0 Å². The molecule has 2 aromatic heterocycles. The fourth-order valence-corrected chi connectivity index (χ4v) is 3.01. The van der Waals surface area contributed by atoms with Crippen LogP contribution in [-0.4, -0.2) is 0 Å². The molecule has 4 heteroatoms. The Labute approximate surface area is 134 Å². The molecular formula is C18H11BrO3. The maximum atomic E-state index is 11.8. The van der Waals surface area contributed by atoms with Gasteiger partial charge in [-0.2, -0.15) is 0 Å². The lowest BCUT2D eigenvalue weighted by Crippen LogP contribution is -1.97. The number of hydrogen-bond acceptors (Lipinski definition) is 3. The number of benzene rings is 2. The minimum atomic E-state index is -0.381. The van der Waals surface area contributed by atoms with E-state index < -0.39 is 0 Å². The summed E-state index contributed by atoms with van der Waals surface area (Å²) in [5, 5.41) is 1.86. The molecule has 0 unspecified atom stereocenters. The van der Waals surface area contributed by atoms with Gasteiger partial charge < -0.3 is 8.83 Å². The molecule has 0 amide bonds. The zero-order chi connectivity index (χ0) is 15.3. The van der Waals surface area contributed by atoms with Crippen LogP contribution in [0, 0.1) is 6.92 Å². The SMILES string of the molecule is Cc1ccc2oc(=O)cc(-c3cc4cc(Br)ccc4o3)c2c1. The molecule has 0 fully saturated rings. The fourth-order valence-electron chi connectivity index (χ4n) is 2.63. The number of hydrogen-bond donors (Lipinski definition) is 0. The maximum Gasteiger partial charge on any atom is 0.336 e. The molecule has 0 saturated carbocycles. The third-order valence-electron chi connectivity index (χ3n) is 3.64. The number of furan rings is 1. The van der Waals surface area contributed by atoms with Crippen molar-refractivity contribution >= 4 is 37.9 Å². The first-order valence-electron chi connectivity index (χ1n) is 6.84. The van der Waals surface area contributed by atoms with Crippen molar-refractivity contribution in [2.75, 3.05) is 0 Å². The second-order valence-corrected chi connectivity index (χ2v) is 6.19. The van der Waals surface area contributed by atoms with Crippen molar-refractivity contribution in [2.24, 2.45) is 0 Å². The topological polar surface area (TPSA) is 43.4 Å². The lowest BCUT2D eigenvalue weighted by atomic mass is 10.1. The van der Waals surface area contributed by atoms with E-state index in [-0.39, 0.29) is 5.63 Å². The second kappa shape index (κ2) is 4.85. The first-order valence-corrected chi connectivity index (χ1v) is 7.63. The van der Waals surface area contributed by atoms with Crippen molar-refractivity contribution in [1.29, 1.82) is 0 Å². The van der Waals surface area contributed by atoms with Gasteiger partial charge in [-0.15, -0.1) is 0 Å². The third kappa shape index (κ3) is 2.16. The van der Waals surface area contributed by atoms with Gasteiger partial charge in [0.15, 0.2) is 0 Å². The lowest BCUT2D eigenvalue weighted by molar-refractivity contribution is 0.559. The van der Waals surface area contributed by atoms with Crippen molar-refractivity contribution in [1.82, 2.24) is 0 Å². The van der Waals surface area contributed by atoms with Crippen molar-refractivity contribution in [3.8, 4) is 11.3 Å². The molecule has 0 radical (unpaired) electrons. The Balaban J connectivity index is 2.06. The number of fused-ring (bicyclic) bond motifs is 2. The van der Waals surface area contributed by atoms with Crippen LogP contribution >= 0.6 is 15.9 Å². The van der Waals surface area contributed by atoms with Gasteiger partial charge in [-0.25, -0.2) is 4.79 Å². The summed E-state index contributed by atoms with van der Waals surface area (Å²) in [5.41, 5.74) is 2.82. The highest BCUT2D eigenvalue weighted by Gasteiger charge is 2.12. The Morgan fingerprint density at radius 1 is 0.909 bits per heavy atom. The largest absolute Gasteiger partial charge is 0.456 e. The summed E-state index contributed by atoms with van der Waals surface area (Å²) in [6.07, 6.45) is 0. The molecule has 0 aliphatic carbocycles. The average Bonchev–Trinajstić information content (AvgIpc) is 2.89. The molecule has 4 aromatic rings. The van der Waals surface area contributed by atoms with Crippen LogP contribution in [0.2, 0.25) is 0 Å². The van der Waals surface area contributed by atoms with Crippen LogP contribution in [-0.2, 0) is 0 Å². The molecule has 0 bridgehead atoms. The Kier molecular flexibility index (Phi) is 2.94. The molecule has 0 aliphatic rings. The molecule has 0 N–H and O–H groups in total. The first kappa shape index (κ1) is 13.3. The molecule has 4 rings (SSSR count). The van der Waals surface area contributed by atoms with Crippen LogP contribution in [0.1, 0.15) is 5.56 Å². The zero-order valence-electron chi connectivity index (χ0n) is 11.7. The molecule has 22 heavy (non-hydrogen) atoms. The Hall–Kier alpha value is -2.33. The van der Waals surface area contributed by atoms with Crippen molar-refractivity contribution in [2.45, 2.75) is 6.92 Å². The van der Waals surface area contributed by atoms with Gasteiger partial charge in [0.05, 0.1) is 0 Å². The highest BCUT2D eigenvalue weighted by Crippen LogP contribution is 2.33. The van der Waals surface area contributed by atoms with E-state index in [0.717, 1.165) is 32.0 Å². The van der Waals surface area contributed by atoms with Gasteiger partial charge in [-0.1, -0.05) is 27.6 Å². The van der Waals surface area contributed by atoms with Crippen molar-refractivity contribution in [3.63, 3.8) is 0 Å². The molecular weight excluding hydrogens is 344 g/mol. The van der Waals surface area contributed by atoms with E-state index in [1.165, 1.54) is 6.07 Å². The van der Waals surface area contributed by atoms with Crippen molar-refractivity contribution in [3.05, 3.63) is 69.0 Å². The highest BCUT2D eigenvalue weighted by atomic mass is 79.9. The molecule has 108 valence electrons. The van der Waals surface area contributed by atoms with Crippen LogP contribution in [0.15, 0.2) is 66.6 Å². The minimum absolute atomic E-state index is 0.381. The maximum absolute atomic E-state index is 11.8. The van der Waals surface area contributed by atoms with Crippen LogP contribution in [0.3, 0.4) is 0 Å². The Morgan fingerprint density at radius 3 is 2.59 bits per heavy atom. The predicted molar refractivity (Wildman–Crippen MR) is 90.1 cm³/mol. The van der Waals surface area contributed by atoms with E-state index in [4.69, 9.17) is 8.83 Å². The second-order valence-electron chi connectivity index (χ2n) is 5.27. The normalized spacial score (nSPS) is 11.4. The molecule has 3 nitrogen and oxygen atoms in total. The van der Waals surface area contributed by atoms with Crippen LogP contribution in [0.5, 0.6) is 0 Å². The van der Waals surface area contributed by atoms with Crippen LogP contribution < -0.4 is 5.63 Å². The summed E-state index contributed by atoms with van der Waals surface area (Å²) < 4.78 is 12.2. The standard InChI is InChI=1S/C18H11BrO3/c1-10-2-4-16-13(6-10)14(9-18(20)22-16)17-8-11-7-12(19)3-5-15(11)21-17/h2-9H,1H3. The van der Waals surface area contributed by atoms with E-state index in [2.05, 4.69) is 15.9 Å². The monoisotopic (exact) mass is 354 g/mol.